The highest BCUT2D eigenvalue weighted by atomic mass is 32.2. The van der Waals surface area contributed by atoms with Gasteiger partial charge in [-0.05, 0) is 55.5 Å². The normalized spacial score (nSPS) is 10.5. The second kappa shape index (κ2) is 7.92. The van der Waals surface area contributed by atoms with Gasteiger partial charge in [0.05, 0.1) is 5.75 Å². The smallest absolute Gasteiger partial charge is 0.234 e. The molecule has 6 nitrogen and oxygen atoms in total. The maximum atomic E-state index is 12.9. The molecule has 0 aliphatic heterocycles. The third-order valence-corrected chi connectivity index (χ3v) is 4.34. The first-order valence-electron chi connectivity index (χ1n) is 7.73. The summed E-state index contributed by atoms with van der Waals surface area (Å²) in [6, 6.07) is 12.6. The minimum Gasteiger partial charge on any atom is -0.325 e. The number of thioether (sulfide) groups is 1. The van der Waals surface area contributed by atoms with E-state index in [4.69, 9.17) is 0 Å². The molecule has 0 saturated heterocycles. The summed E-state index contributed by atoms with van der Waals surface area (Å²) in [6.45, 7) is 1.49. The molecule has 3 rings (SSSR count). The summed E-state index contributed by atoms with van der Waals surface area (Å²) in [4.78, 5) is 27.5. The highest BCUT2D eigenvalue weighted by Crippen LogP contribution is 2.20. The SMILES string of the molecule is CC(=O)c1ccc(NC(=O)CSc2n[nH]c(-c3ccc(F)cc3)n2)cc1. The minimum absolute atomic E-state index is 0.0278. The first kappa shape index (κ1) is 17.8. The molecule has 0 fully saturated rings. The van der Waals surface area contributed by atoms with Gasteiger partial charge in [-0.25, -0.2) is 9.37 Å². The van der Waals surface area contributed by atoms with Crippen LogP contribution in [0.2, 0.25) is 0 Å². The van der Waals surface area contributed by atoms with Gasteiger partial charge in [0.2, 0.25) is 11.1 Å². The Hall–Kier alpha value is -3.00. The second-order valence-corrected chi connectivity index (χ2v) is 6.39. The van der Waals surface area contributed by atoms with E-state index in [1.165, 1.54) is 30.8 Å². The van der Waals surface area contributed by atoms with Crippen LogP contribution in [0.1, 0.15) is 17.3 Å². The molecule has 0 spiro atoms. The van der Waals surface area contributed by atoms with Crippen molar-refractivity contribution in [2.75, 3.05) is 11.1 Å². The zero-order valence-electron chi connectivity index (χ0n) is 13.8. The monoisotopic (exact) mass is 370 g/mol. The van der Waals surface area contributed by atoms with Gasteiger partial charge in [-0.3, -0.25) is 14.7 Å². The Morgan fingerprint density at radius 2 is 1.81 bits per heavy atom. The molecule has 1 aromatic heterocycles. The van der Waals surface area contributed by atoms with Gasteiger partial charge in [-0.1, -0.05) is 11.8 Å². The fourth-order valence-electron chi connectivity index (χ4n) is 2.16. The molecule has 132 valence electrons. The molecule has 0 saturated carbocycles. The third-order valence-electron chi connectivity index (χ3n) is 3.49. The molecule has 0 atom stereocenters. The highest BCUT2D eigenvalue weighted by Gasteiger charge is 2.10. The Labute approximate surface area is 153 Å². The van der Waals surface area contributed by atoms with E-state index in [1.54, 1.807) is 36.4 Å². The molecule has 1 heterocycles. The third kappa shape index (κ3) is 4.54. The Kier molecular flexibility index (Phi) is 5.43. The van der Waals surface area contributed by atoms with Gasteiger partial charge in [0.15, 0.2) is 11.6 Å². The molecular weight excluding hydrogens is 355 g/mol. The molecule has 0 aliphatic carbocycles. The van der Waals surface area contributed by atoms with Crippen LogP contribution in [0.4, 0.5) is 10.1 Å². The fourth-order valence-corrected chi connectivity index (χ4v) is 2.76. The van der Waals surface area contributed by atoms with Crippen molar-refractivity contribution in [3.8, 4) is 11.4 Å². The number of benzene rings is 2. The summed E-state index contributed by atoms with van der Waals surface area (Å²) in [5, 5.41) is 9.97. The van der Waals surface area contributed by atoms with Crippen LogP contribution in [0.25, 0.3) is 11.4 Å². The van der Waals surface area contributed by atoms with Crippen molar-refractivity contribution >= 4 is 29.1 Å². The summed E-state index contributed by atoms with van der Waals surface area (Å²) < 4.78 is 12.9. The van der Waals surface area contributed by atoms with E-state index < -0.39 is 0 Å². The number of ketones is 1. The van der Waals surface area contributed by atoms with Crippen LogP contribution >= 0.6 is 11.8 Å². The predicted octanol–water partition coefficient (Wildman–Crippen LogP) is 3.54. The number of H-pyrrole nitrogens is 1. The molecule has 26 heavy (non-hydrogen) atoms. The van der Waals surface area contributed by atoms with Gasteiger partial charge < -0.3 is 5.32 Å². The van der Waals surface area contributed by atoms with Crippen LogP contribution in [0, 0.1) is 5.82 Å². The largest absolute Gasteiger partial charge is 0.325 e. The van der Waals surface area contributed by atoms with Crippen LogP contribution in [0.3, 0.4) is 0 Å². The minimum atomic E-state index is -0.323. The quantitative estimate of drug-likeness (QED) is 0.512. The predicted molar refractivity (Wildman–Crippen MR) is 97.6 cm³/mol. The molecule has 0 bridgehead atoms. The Bertz CT molecular complexity index is 923. The number of rotatable bonds is 6. The Balaban J connectivity index is 1.54. The highest BCUT2D eigenvalue weighted by molar-refractivity contribution is 7.99. The van der Waals surface area contributed by atoms with Gasteiger partial charge >= 0.3 is 0 Å². The van der Waals surface area contributed by atoms with Crippen LogP contribution in [0.15, 0.2) is 53.7 Å². The maximum absolute atomic E-state index is 12.9. The van der Waals surface area contributed by atoms with Gasteiger partial charge in [0, 0.05) is 16.8 Å². The maximum Gasteiger partial charge on any atom is 0.234 e. The number of halogens is 1. The Morgan fingerprint density at radius 1 is 1.12 bits per heavy atom. The van der Waals surface area contributed by atoms with Gasteiger partial charge in [-0.15, -0.1) is 5.10 Å². The van der Waals surface area contributed by atoms with Crippen LogP contribution in [-0.4, -0.2) is 32.6 Å². The lowest BCUT2D eigenvalue weighted by Crippen LogP contribution is -2.14. The lowest BCUT2D eigenvalue weighted by atomic mass is 10.1. The average Bonchev–Trinajstić information content (AvgIpc) is 3.10. The number of nitrogens with zero attached hydrogens (tertiary/aromatic N) is 2. The van der Waals surface area contributed by atoms with Gasteiger partial charge in [0.1, 0.15) is 5.82 Å². The van der Waals surface area contributed by atoms with Crippen LogP contribution < -0.4 is 5.32 Å². The number of Topliss-reactive ketones (excluding diaryl/α,β-unsaturated/α-hetero) is 1. The first-order chi connectivity index (χ1) is 12.5. The van der Waals surface area contributed by atoms with Gasteiger partial charge in [0.25, 0.3) is 0 Å². The summed E-state index contributed by atoms with van der Waals surface area (Å²) >= 11 is 1.18. The number of carbonyl (C=O) groups is 2. The van der Waals surface area contributed by atoms with Crippen LogP contribution in [0.5, 0.6) is 0 Å². The van der Waals surface area contributed by atoms with Crippen molar-refractivity contribution in [2.24, 2.45) is 0 Å². The van der Waals surface area contributed by atoms with Crippen molar-refractivity contribution in [1.29, 1.82) is 0 Å². The number of hydrogen-bond acceptors (Lipinski definition) is 5. The van der Waals surface area contributed by atoms with Crippen molar-refractivity contribution in [1.82, 2.24) is 15.2 Å². The molecule has 0 unspecified atom stereocenters. The van der Waals surface area contributed by atoms with Crippen LogP contribution in [-0.2, 0) is 4.79 Å². The van der Waals surface area contributed by atoms with E-state index in [0.29, 0.717) is 27.8 Å². The zero-order valence-corrected chi connectivity index (χ0v) is 14.6. The van der Waals surface area contributed by atoms with Crippen molar-refractivity contribution in [2.45, 2.75) is 12.1 Å². The summed E-state index contributed by atoms with van der Waals surface area (Å²) in [5.74, 6) is 0.0807. The molecule has 1 amide bonds. The van der Waals surface area contributed by atoms with Gasteiger partial charge in [-0.2, -0.15) is 0 Å². The number of carbonyl (C=O) groups excluding carboxylic acids is 2. The van der Waals surface area contributed by atoms with E-state index in [2.05, 4.69) is 20.5 Å². The standard InChI is InChI=1S/C18H15FN4O2S/c1-11(24)12-4-8-15(9-5-12)20-16(25)10-26-18-21-17(22-23-18)13-2-6-14(19)7-3-13/h2-9H,10H2,1H3,(H,20,25)(H,21,22,23). The Morgan fingerprint density at radius 3 is 2.46 bits per heavy atom. The number of aromatic amines is 1. The van der Waals surface area contributed by atoms with Crippen molar-refractivity contribution in [3.63, 3.8) is 0 Å². The van der Waals surface area contributed by atoms with E-state index in [1.807, 2.05) is 0 Å². The topological polar surface area (TPSA) is 87.7 Å². The molecule has 2 aromatic carbocycles. The summed E-state index contributed by atoms with van der Waals surface area (Å²) in [6.07, 6.45) is 0. The average molecular weight is 370 g/mol. The molecule has 3 aromatic rings. The molecular formula is C18H15FN4O2S. The lowest BCUT2D eigenvalue weighted by Gasteiger charge is -2.04. The second-order valence-electron chi connectivity index (χ2n) is 5.44. The van der Waals surface area contributed by atoms with E-state index in [0.717, 1.165) is 0 Å². The first-order valence-corrected chi connectivity index (χ1v) is 8.72. The fraction of sp³-hybridized carbons (Fsp3) is 0.111. The summed E-state index contributed by atoms with van der Waals surface area (Å²) in [5.41, 5.74) is 1.91. The number of anilines is 1. The lowest BCUT2D eigenvalue weighted by molar-refractivity contribution is -0.113. The molecule has 0 radical (unpaired) electrons. The number of aromatic nitrogens is 3. The molecule has 8 heteroatoms. The molecule has 0 aliphatic rings. The summed E-state index contributed by atoms with van der Waals surface area (Å²) in [7, 11) is 0. The van der Waals surface area contributed by atoms with E-state index in [-0.39, 0.29) is 23.3 Å². The van der Waals surface area contributed by atoms with Crippen molar-refractivity contribution in [3.05, 3.63) is 59.9 Å². The van der Waals surface area contributed by atoms with Crippen molar-refractivity contribution < 1.29 is 14.0 Å². The van der Waals surface area contributed by atoms with E-state index >= 15 is 0 Å². The molecule has 2 N–H and O–H groups in total. The number of nitrogens with one attached hydrogen (secondary N) is 2. The number of amides is 1. The van der Waals surface area contributed by atoms with E-state index in [9.17, 15) is 14.0 Å². The number of hydrogen-bond donors (Lipinski definition) is 2. The zero-order chi connectivity index (χ0) is 18.5.